The summed E-state index contributed by atoms with van der Waals surface area (Å²) in [6.07, 6.45) is 5.47. The van der Waals surface area contributed by atoms with Crippen LogP contribution < -0.4 is 5.32 Å². The topological polar surface area (TPSA) is 29.9 Å². The van der Waals surface area contributed by atoms with Gasteiger partial charge >= 0.3 is 0 Å². The van der Waals surface area contributed by atoms with Crippen molar-refractivity contribution in [2.24, 2.45) is 13.0 Å². The van der Waals surface area contributed by atoms with E-state index in [-0.39, 0.29) is 0 Å². The summed E-state index contributed by atoms with van der Waals surface area (Å²) in [6, 6.07) is 2.73. The van der Waals surface area contributed by atoms with Crippen molar-refractivity contribution in [3.8, 4) is 0 Å². The molecule has 0 saturated heterocycles. The fraction of sp³-hybridized carbons (Fsp3) is 0.769. The number of nitrogens with one attached hydrogen (secondary N) is 1. The summed E-state index contributed by atoms with van der Waals surface area (Å²) >= 11 is 0. The molecule has 0 fully saturated rings. The number of hydrogen-bond donors (Lipinski definition) is 1. The standard InChI is InChI=1S/C13H25N3/c1-5-8-14-13(6-2)11(3)10-12-7-9-16(4)15-12/h7,9,11,13-14H,5-6,8,10H2,1-4H3. The molecule has 3 heteroatoms. The van der Waals surface area contributed by atoms with Gasteiger partial charge in [0.15, 0.2) is 0 Å². The SMILES string of the molecule is CCCNC(CC)C(C)Cc1ccn(C)n1. The molecular formula is C13H25N3. The van der Waals surface area contributed by atoms with Gasteiger partial charge in [-0.05, 0) is 37.8 Å². The summed E-state index contributed by atoms with van der Waals surface area (Å²) in [4.78, 5) is 0. The summed E-state index contributed by atoms with van der Waals surface area (Å²) in [7, 11) is 1.97. The van der Waals surface area contributed by atoms with Gasteiger partial charge in [0, 0.05) is 19.3 Å². The lowest BCUT2D eigenvalue weighted by molar-refractivity contribution is 0.362. The van der Waals surface area contributed by atoms with E-state index >= 15 is 0 Å². The zero-order valence-electron chi connectivity index (χ0n) is 11.0. The third-order valence-corrected chi connectivity index (χ3v) is 3.08. The molecule has 1 heterocycles. The van der Waals surface area contributed by atoms with Crippen LogP contribution in [0.3, 0.4) is 0 Å². The van der Waals surface area contributed by atoms with Crippen LogP contribution in [0.15, 0.2) is 12.3 Å². The molecule has 1 aromatic rings. The van der Waals surface area contributed by atoms with E-state index < -0.39 is 0 Å². The maximum absolute atomic E-state index is 4.44. The molecule has 0 amide bonds. The van der Waals surface area contributed by atoms with Crippen LogP contribution in [0, 0.1) is 5.92 Å². The Labute approximate surface area is 99.2 Å². The second-order valence-electron chi connectivity index (χ2n) is 4.63. The van der Waals surface area contributed by atoms with Crippen molar-refractivity contribution in [1.82, 2.24) is 15.1 Å². The van der Waals surface area contributed by atoms with E-state index in [9.17, 15) is 0 Å². The quantitative estimate of drug-likeness (QED) is 0.769. The van der Waals surface area contributed by atoms with Crippen molar-refractivity contribution in [2.75, 3.05) is 6.54 Å². The van der Waals surface area contributed by atoms with Crippen molar-refractivity contribution < 1.29 is 0 Å². The Morgan fingerprint density at radius 3 is 2.69 bits per heavy atom. The molecule has 2 unspecified atom stereocenters. The highest BCUT2D eigenvalue weighted by atomic mass is 15.2. The summed E-state index contributed by atoms with van der Waals surface area (Å²) in [5, 5.41) is 8.05. The van der Waals surface area contributed by atoms with Crippen LogP contribution in [0.25, 0.3) is 0 Å². The van der Waals surface area contributed by atoms with Crippen LogP contribution in [0.1, 0.15) is 39.3 Å². The number of nitrogens with zero attached hydrogens (tertiary/aromatic N) is 2. The van der Waals surface area contributed by atoms with Gasteiger partial charge in [-0.25, -0.2) is 0 Å². The maximum atomic E-state index is 4.44. The molecule has 1 aromatic heterocycles. The van der Waals surface area contributed by atoms with Gasteiger partial charge in [-0.15, -0.1) is 0 Å². The van der Waals surface area contributed by atoms with E-state index in [1.807, 2.05) is 17.9 Å². The molecule has 0 spiro atoms. The molecule has 92 valence electrons. The second kappa shape index (κ2) is 6.69. The molecule has 2 atom stereocenters. The Morgan fingerprint density at radius 1 is 1.44 bits per heavy atom. The monoisotopic (exact) mass is 223 g/mol. The van der Waals surface area contributed by atoms with E-state index in [0.717, 1.165) is 13.0 Å². The molecule has 1 rings (SSSR count). The minimum absolute atomic E-state index is 0.613. The zero-order chi connectivity index (χ0) is 12.0. The Kier molecular flexibility index (Phi) is 5.53. The van der Waals surface area contributed by atoms with Crippen LogP contribution in [0.2, 0.25) is 0 Å². The molecule has 3 nitrogen and oxygen atoms in total. The van der Waals surface area contributed by atoms with Gasteiger partial charge in [0.05, 0.1) is 5.69 Å². The van der Waals surface area contributed by atoms with Crippen molar-refractivity contribution >= 4 is 0 Å². The van der Waals surface area contributed by atoms with Crippen molar-refractivity contribution in [3.05, 3.63) is 18.0 Å². The van der Waals surface area contributed by atoms with Gasteiger partial charge in [-0.2, -0.15) is 5.10 Å². The normalized spacial score (nSPS) is 15.0. The summed E-state index contributed by atoms with van der Waals surface area (Å²) < 4.78 is 1.88. The fourth-order valence-electron chi connectivity index (χ4n) is 2.12. The number of aryl methyl sites for hydroxylation is 1. The predicted molar refractivity (Wildman–Crippen MR) is 68.4 cm³/mol. The Balaban J connectivity index is 2.45. The lowest BCUT2D eigenvalue weighted by atomic mass is 9.94. The van der Waals surface area contributed by atoms with Gasteiger partial charge in [0.25, 0.3) is 0 Å². The first-order valence-corrected chi connectivity index (χ1v) is 6.39. The summed E-state index contributed by atoms with van der Waals surface area (Å²) in [5.41, 5.74) is 1.20. The van der Waals surface area contributed by atoms with Crippen LogP contribution in [0.4, 0.5) is 0 Å². The molecule has 0 aliphatic carbocycles. The molecular weight excluding hydrogens is 198 g/mol. The first-order chi connectivity index (χ1) is 7.67. The Morgan fingerprint density at radius 2 is 2.19 bits per heavy atom. The van der Waals surface area contributed by atoms with E-state index in [1.165, 1.54) is 18.5 Å². The molecule has 0 aliphatic heterocycles. The molecule has 16 heavy (non-hydrogen) atoms. The highest BCUT2D eigenvalue weighted by molar-refractivity contribution is 5.00. The van der Waals surface area contributed by atoms with Crippen molar-refractivity contribution in [1.29, 1.82) is 0 Å². The smallest absolute Gasteiger partial charge is 0.0627 e. The number of aromatic nitrogens is 2. The Hall–Kier alpha value is -0.830. The van der Waals surface area contributed by atoms with Crippen LogP contribution in [-0.4, -0.2) is 22.4 Å². The first kappa shape index (κ1) is 13.2. The molecule has 0 radical (unpaired) electrons. The first-order valence-electron chi connectivity index (χ1n) is 6.39. The predicted octanol–water partition coefficient (Wildman–Crippen LogP) is 2.38. The van der Waals surface area contributed by atoms with Gasteiger partial charge in [0.2, 0.25) is 0 Å². The van der Waals surface area contributed by atoms with Crippen LogP contribution >= 0.6 is 0 Å². The van der Waals surface area contributed by atoms with E-state index in [2.05, 4.69) is 37.3 Å². The van der Waals surface area contributed by atoms with Gasteiger partial charge < -0.3 is 5.32 Å². The number of hydrogen-bond acceptors (Lipinski definition) is 2. The second-order valence-corrected chi connectivity index (χ2v) is 4.63. The third-order valence-electron chi connectivity index (χ3n) is 3.08. The molecule has 0 aromatic carbocycles. The fourth-order valence-corrected chi connectivity index (χ4v) is 2.12. The maximum Gasteiger partial charge on any atom is 0.0627 e. The highest BCUT2D eigenvalue weighted by Gasteiger charge is 2.15. The average Bonchev–Trinajstić information content (AvgIpc) is 2.65. The minimum atomic E-state index is 0.613. The minimum Gasteiger partial charge on any atom is -0.314 e. The van der Waals surface area contributed by atoms with Crippen LogP contribution in [0.5, 0.6) is 0 Å². The van der Waals surface area contributed by atoms with E-state index in [1.54, 1.807) is 0 Å². The largest absolute Gasteiger partial charge is 0.314 e. The molecule has 0 saturated carbocycles. The Bertz CT molecular complexity index is 293. The van der Waals surface area contributed by atoms with E-state index in [0.29, 0.717) is 12.0 Å². The lowest BCUT2D eigenvalue weighted by Gasteiger charge is -2.23. The molecule has 1 N–H and O–H groups in total. The number of rotatable bonds is 7. The van der Waals surface area contributed by atoms with Gasteiger partial charge in [-0.3, -0.25) is 4.68 Å². The van der Waals surface area contributed by atoms with Crippen molar-refractivity contribution in [3.63, 3.8) is 0 Å². The van der Waals surface area contributed by atoms with Crippen molar-refractivity contribution in [2.45, 2.75) is 46.1 Å². The lowest BCUT2D eigenvalue weighted by Crippen LogP contribution is -2.35. The average molecular weight is 223 g/mol. The molecule has 0 bridgehead atoms. The van der Waals surface area contributed by atoms with Crippen LogP contribution in [-0.2, 0) is 13.5 Å². The van der Waals surface area contributed by atoms with E-state index in [4.69, 9.17) is 0 Å². The summed E-state index contributed by atoms with van der Waals surface area (Å²) in [6.45, 7) is 7.89. The van der Waals surface area contributed by atoms with Gasteiger partial charge in [0.1, 0.15) is 0 Å². The molecule has 0 aliphatic rings. The highest BCUT2D eigenvalue weighted by Crippen LogP contribution is 2.13. The zero-order valence-corrected chi connectivity index (χ0v) is 11.0. The summed E-state index contributed by atoms with van der Waals surface area (Å²) in [5.74, 6) is 0.645. The third kappa shape index (κ3) is 3.97. The van der Waals surface area contributed by atoms with Gasteiger partial charge in [-0.1, -0.05) is 20.8 Å².